The number of ether oxygens (including phenoxy) is 1. The summed E-state index contributed by atoms with van der Waals surface area (Å²) < 4.78 is 26.9. The molecular formula is C58H94NO10P. The number of aliphatic carboxylic acids is 1. The van der Waals surface area contributed by atoms with E-state index in [2.05, 4.69) is 129 Å². The normalized spacial score (nSPS) is 14.5. The summed E-state index contributed by atoms with van der Waals surface area (Å²) in [6, 6.07) is -1.57. The van der Waals surface area contributed by atoms with Gasteiger partial charge in [-0.3, -0.25) is 18.6 Å². The Morgan fingerprint density at radius 1 is 0.471 bits per heavy atom. The van der Waals surface area contributed by atoms with Gasteiger partial charge in [-0.05, 0) is 103 Å². The van der Waals surface area contributed by atoms with Crippen molar-refractivity contribution in [2.45, 2.75) is 206 Å². The minimum Gasteiger partial charge on any atom is -0.480 e. The number of carboxylic acid groups (broad SMARTS) is 1. The quantitative estimate of drug-likeness (QED) is 0.0199. The van der Waals surface area contributed by atoms with E-state index in [0.717, 1.165) is 89.9 Å². The molecule has 0 aromatic carbocycles. The van der Waals surface area contributed by atoms with Crippen LogP contribution in [0.15, 0.2) is 122 Å². The van der Waals surface area contributed by atoms with Crippen LogP contribution in [0.1, 0.15) is 194 Å². The number of rotatable bonds is 48. The zero-order chi connectivity index (χ0) is 51.3. The average molecular weight is 996 g/mol. The number of phosphoric ester groups is 1. The molecule has 0 aromatic rings. The number of esters is 1. The molecule has 12 heteroatoms. The van der Waals surface area contributed by atoms with E-state index in [9.17, 15) is 34.1 Å². The minimum absolute atomic E-state index is 0.130. The molecule has 70 heavy (non-hydrogen) atoms. The first-order valence-electron chi connectivity index (χ1n) is 26.6. The Morgan fingerprint density at radius 3 is 1.27 bits per heavy atom. The first kappa shape index (κ1) is 65.9. The number of amides is 1. The summed E-state index contributed by atoms with van der Waals surface area (Å²) in [5.74, 6) is -2.46. The summed E-state index contributed by atoms with van der Waals surface area (Å²) in [5, 5.41) is 21.9. The van der Waals surface area contributed by atoms with E-state index in [0.29, 0.717) is 19.3 Å². The molecule has 0 fully saturated rings. The molecule has 0 aliphatic heterocycles. The maximum Gasteiger partial charge on any atom is 0.472 e. The molecule has 4 N–H and O–H groups in total. The largest absolute Gasteiger partial charge is 0.480 e. The first-order chi connectivity index (χ1) is 34.1. The van der Waals surface area contributed by atoms with Crippen LogP contribution in [-0.2, 0) is 32.7 Å². The minimum atomic E-state index is -4.79. The van der Waals surface area contributed by atoms with E-state index in [1.165, 1.54) is 57.8 Å². The van der Waals surface area contributed by atoms with Crippen molar-refractivity contribution in [1.82, 2.24) is 5.32 Å². The second-order valence-corrected chi connectivity index (χ2v) is 18.8. The van der Waals surface area contributed by atoms with Crippen LogP contribution in [0.2, 0.25) is 0 Å². The second kappa shape index (κ2) is 51.2. The Bertz CT molecular complexity index is 1640. The van der Waals surface area contributed by atoms with Crippen LogP contribution in [0.25, 0.3) is 0 Å². The number of aliphatic hydroxyl groups excluding tert-OH is 1. The van der Waals surface area contributed by atoms with Gasteiger partial charge in [0.05, 0.1) is 13.2 Å². The van der Waals surface area contributed by atoms with Crippen molar-refractivity contribution in [3.8, 4) is 0 Å². The molecule has 0 radical (unpaired) electrons. The number of allylic oxidation sites excluding steroid dienone is 20. The summed E-state index contributed by atoms with van der Waals surface area (Å²) in [7, 11) is -4.79. The molecule has 396 valence electrons. The molecule has 3 atom stereocenters. The monoisotopic (exact) mass is 996 g/mol. The van der Waals surface area contributed by atoms with E-state index >= 15 is 0 Å². The van der Waals surface area contributed by atoms with Gasteiger partial charge in [0, 0.05) is 12.8 Å². The molecular weight excluding hydrogens is 902 g/mol. The van der Waals surface area contributed by atoms with Crippen LogP contribution in [0, 0.1) is 0 Å². The van der Waals surface area contributed by atoms with Crippen LogP contribution in [0.3, 0.4) is 0 Å². The summed E-state index contributed by atoms with van der Waals surface area (Å²) in [4.78, 5) is 46.2. The number of hydrogen-bond donors (Lipinski definition) is 4. The van der Waals surface area contributed by atoms with Gasteiger partial charge in [0.15, 0.2) is 6.04 Å². The van der Waals surface area contributed by atoms with Crippen LogP contribution in [0.4, 0.5) is 0 Å². The first-order valence-corrected chi connectivity index (χ1v) is 28.1. The van der Waals surface area contributed by atoms with Crippen LogP contribution >= 0.6 is 7.82 Å². The van der Waals surface area contributed by atoms with Gasteiger partial charge in [0.25, 0.3) is 0 Å². The number of hydrogen-bond acceptors (Lipinski definition) is 8. The predicted octanol–water partition coefficient (Wildman–Crippen LogP) is 15.1. The lowest BCUT2D eigenvalue weighted by atomic mass is 10.0. The number of carboxylic acids is 1. The summed E-state index contributed by atoms with van der Waals surface area (Å²) in [6.45, 7) is 2.40. The van der Waals surface area contributed by atoms with Gasteiger partial charge >= 0.3 is 19.8 Å². The molecule has 0 bridgehead atoms. The Hall–Kier alpha value is -4.12. The number of aliphatic hydroxyl groups is 1. The Balaban J connectivity index is 3.94. The molecule has 0 spiro atoms. The van der Waals surface area contributed by atoms with Crippen LogP contribution in [-0.4, -0.2) is 64.9 Å². The fourth-order valence-corrected chi connectivity index (χ4v) is 7.44. The third-order valence-electron chi connectivity index (χ3n) is 10.7. The maximum atomic E-state index is 12.4. The van der Waals surface area contributed by atoms with Crippen LogP contribution < -0.4 is 5.32 Å². The molecule has 0 saturated carbocycles. The summed E-state index contributed by atoms with van der Waals surface area (Å²) >= 11 is 0. The van der Waals surface area contributed by atoms with Crippen molar-refractivity contribution in [2.24, 2.45) is 0 Å². The van der Waals surface area contributed by atoms with Gasteiger partial charge in [-0.2, -0.15) is 0 Å². The number of carbonyl (C=O) groups excluding carboxylic acids is 2. The van der Waals surface area contributed by atoms with Crippen molar-refractivity contribution in [2.75, 3.05) is 19.8 Å². The standard InChI is InChI=1S/C58H94NO10P/c1-3-5-7-9-11-13-15-17-19-21-23-25-27-29-31-33-35-37-39-41-43-45-47-49-56(61)59-55(58(63)64)53-69-70(65,66)68-52-54(60)51-67-57(62)50-48-46-44-42-40-38-36-34-32-30-28-26-24-22-20-18-16-14-12-10-8-6-4-2/h6,8,11-14,17-20,23-26,30,32,36,38,42,44,54-55,60H,3-5,7,9-10,15-16,21-22,27-29,31,33-35,37,39-41,43,45-53H2,1-2H3,(H,59,61)(H,63,64)(H,65,66)/b8-6-,13-11-,14-12-,19-17-,20-18-,25-23-,26-24-,32-30-,38-36-,44-42-. The third kappa shape index (κ3) is 50.3. The molecule has 11 nitrogen and oxygen atoms in total. The van der Waals surface area contributed by atoms with Gasteiger partial charge in [-0.25, -0.2) is 9.36 Å². The molecule has 0 aliphatic rings. The van der Waals surface area contributed by atoms with E-state index < -0.39 is 57.6 Å². The number of nitrogens with one attached hydrogen (secondary N) is 1. The molecule has 0 rings (SSSR count). The highest BCUT2D eigenvalue weighted by atomic mass is 31.2. The van der Waals surface area contributed by atoms with Gasteiger partial charge in [0.2, 0.25) is 5.91 Å². The smallest absolute Gasteiger partial charge is 0.472 e. The Labute approximate surface area is 424 Å². The molecule has 0 saturated heterocycles. The van der Waals surface area contributed by atoms with Crippen molar-refractivity contribution >= 4 is 25.7 Å². The lowest BCUT2D eigenvalue weighted by molar-refractivity contribution is -0.147. The van der Waals surface area contributed by atoms with Gasteiger partial charge < -0.3 is 25.2 Å². The number of carbonyl (C=O) groups is 3. The zero-order valence-electron chi connectivity index (χ0n) is 43.3. The predicted molar refractivity (Wildman–Crippen MR) is 290 cm³/mol. The van der Waals surface area contributed by atoms with Crippen molar-refractivity contribution < 1.29 is 47.8 Å². The summed E-state index contributed by atoms with van der Waals surface area (Å²) in [5.41, 5.74) is 0. The van der Waals surface area contributed by atoms with Crippen molar-refractivity contribution in [3.05, 3.63) is 122 Å². The lowest BCUT2D eigenvalue weighted by Crippen LogP contribution is -2.43. The fourth-order valence-electron chi connectivity index (χ4n) is 6.66. The highest BCUT2D eigenvalue weighted by Crippen LogP contribution is 2.43. The highest BCUT2D eigenvalue weighted by Gasteiger charge is 2.28. The van der Waals surface area contributed by atoms with Gasteiger partial charge in [-0.15, -0.1) is 0 Å². The lowest BCUT2D eigenvalue weighted by Gasteiger charge is -2.18. The molecule has 0 heterocycles. The molecule has 3 unspecified atom stereocenters. The second-order valence-electron chi connectivity index (χ2n) is 17.3. The SMILES string of the molecule is CC/C=C\C/C=C\C/C=C\C/C=C\C/C=C\C/C=C\C/C=C\CCCC(=O)OCC(O)COP(=O)(O)OCC(NC(=O)CCCCCCCCCCCC/C=C\C/C=C\C/C=C\CCCCC)C(=O)O. The van der Waals surface area contributed by atoms with Gasteiger partial charge in [0.1, 0.15) is 12.7 Å². The van der Waals surface area contributed by atoms with Crippen molar-refractivity contribution in [3.63, 3.8) is 0 Å². The van der Waals surface area contributed by atoms with Gasteiger partial charge in [-0.1, -0.05) is 200 Å². The third-order valence-corrected chi connectivity index (χ3v) is 11.7. The van der Waals surface area contributed by atoms with E-state index in [1.807, 2.05) is 12.2 Å². The van der Waals surface area contributed by atoms with E-state index in [-0.39, 0.29) is 12.8 Å². The Morgan fingerprint density at radius 2 is 0.843 bits per heavy atom. The molecule has 0 aliphatic carbocycles. The van der Waals surface area contributed by atoms with Crippen LogP contribution in [0.5, 0.6) is 0 Å². The summed E-state index contributed by atoms with van der Waals surface area (Å²) in [6.07, 6.45) is 69.3. The zero-order valence-corrected chi connectivity index (χ0v) is 44.2. The number of phosphoric acid groups is 1. The van der Waals surface area contributed by atoms with E-state index in [1.54, 1.807) is 0 Å². The van der Waals surface area contributed by atoms with Crippen molar-refractivity contribution in [1.29, 1.82) is 0 Å². The number of unbranched alkanes of at least 4 members (excludes halogenated alkanes) is 14. The topological polar surface area (TPSA) is 169 Å². The highest BCUT2D eigenvalue weighted by molar-refractivity contribution is 7.47. The average Bonchev–Trinajstić information content (AvgIpc) is 3.34. The molecule has 0 aromatic heterocycles. The Kier molecular flexibility index (Phi) is 48.2. The fraction of sp³-hybridized carbons (Fsp3) is 0.603. The van der Waals surface area contributed by atoms with E-state index in [4.69, 9.17) is 13.8 Å². The maximum absolute atomic E-state index is 12.4. The molecule has 1 amide bonds.